The van der Waals surface area contributed by atoms with Gasteiger partial charge in [-0.05, 0) is 53.1 Å². The fraction of sp³-hybridized carbons (Fsp3) is 0.244. The molecular weight excluding hydrogens is 552 g/mol. The molecule has 0 radical (unpaired) electrons. The third-order valence-electron chi connectivity index (χ3n) is 8.80. The Balaban J connectivity index is 1.37. The van der Waals surface area contributed by atoms with Crippen molar-refractivity contribution in [1.29, 1.82) is 0 Å². The molecule has 230 valence electrons. The number of aliphatic hydroxyl groups is 1. The second-order valence-corrected chi connectivity index (χ2v) is 11.9. The van der Waals surface area contributed by atoms with E-state index < -0.39 is 6.10 Å². The van der Waals surface area contributed by atoms with Crippen LogP contribution in [0, 0.1) is 0 Å². The SMILES string of the molecule is C[C@H]([C@H](O)c1ccccc1)N(C)C(=O)CCC(Cc1ccc(-c2ccccc2)cc1)N(Cc1ccccc1)Cc1ccccc1. The first kappa shape index (κ1) is 31.9. The Morgan fingerprint density at radius 2 is 1.09 bits per heavy atom. The lowest BCUT2D eigenvalue weighted by Gasteiger charge is -2.34. The summed E-state index contributed by atoms with van der Waals surface area (Å²) in [6.45, 7) is 3.49. The largest absolute Gasteiger partial charge is 0.386 e. The molecule has 0 aliphatic rings. The number of likely N-dealkylation sites (N-methyl/N-ethyl adjacent to an activating group) is 1. The van der Waals surface area contributed by atoms with Crippen LogP contribution >= 0.6 is 0 Å². The summed E-state index contributed by atoms with van der Waals surface area (Å²) in [7, 11) is 1.81. The summed E-state index contributed by atoms with van der Waals surface area (Å²) in [6, 6.07) is 49.8. The molecule has 0 saturated heterocycles. The van der Waals surface area contributed by atoms with Crippen LogP contribution in [0.15, 0.2) is 146 Å². The summed E-state index contributed by atoms with van der Waals surface area (Å²) >= 11 is 0. The molecule has 0 aliphatic heterocycles. The smallest absolute Gasteiger partial charge is 0.222 e. The molecule has 1 amide bonds. The Hall–Kier alpha value is -4.51. The van der Waals surface area contributed by atoms with Crippen molar-refractivity contribution >= 4 is 5.91 Å². The van der Waals surface area contributed by atoms with Gasteiger partial charge in [-0.3, -0.25) is 9.69 Å². The van der Waals surface area contributed by atoms with Gasteiger partial charge in [-0.2, -0.15) is 0 Å². The number of carbonyl (C=O) groups is 1. The van der Waals surface area contributed by atoms with Crippen molar-refractivity contribution in [3.05, 3.63) is 168 Å². The minimum Gasteiger partial charge on any atom is -0.386 e. The molecule has 0 spiro atoms. The molecule has 0 bridgehead atoms. The summed E-state index contributed by atoms with van der Waals surface area (Å²) < 4.78 is 0. The van der Waals surface area contributed by atoms with Gasteiger partial charge >= 0.3 is 0 Å². The molecule has 4 nitrogen and oxygen atoms in total. The lowest BCUT2D eigenvalue weighted by atomic mass is 9.96. The summed E-state index contributed by atoms with van der Waals surface area (Å²) in [4.78, 5) is 17.8. The Kier molecular flexibility index (Phi) is 11.3. The predicted octanol–water partition coefficient (Wildman–Crippen LogP) is 8.33. The number of hydrogen-bond acceptors (Lipinski definition) is 3. The summed E-state index contributed by atoms with van der Waals surface area (Å²) in [6.07, 6.45) is 1.19. The lowest BCUT2D eigenvalue weighted by molar-refractivity contribution is -0.134. The number of amides is 1. The Labute approximate surface area is 268 Å². The number of benzene rings is 5. The molecule has 0 heterocycles. The fourth-order valence-corrected chi connectivity index (χ4v) is 5.93. The zero-order chi connectivity index (χ0) is 31.4. The van der Waals surface area contributed by atoms with E-state index in [1.807, 2.05) is 50.4 Å². The average molecular weight is 597 g/mol. The molecule has 5 aromatic carbocycles. The summed E-state index contributed by atoms with van der Waals surface area (Å²) in [5.41, 5.74) is 6.97. The van der Waals surface area contributed by atoms with Gasteiger partial charge in [0.2, 0.25) is 5.91 Å². The molecule has 5 rings (SSSR count). The van der Waals surface area contributed by atoms with Crippen LogP contribution in [0.1, 0.15) is 48.1 Å². The Bertz CT molecular complexity index is 1530. The maximum absolute atomic E-state index is 13.6. The van der Waals surface area contributed by atoms with Crippen molar-refractivity contribution in [2.24, 2.45) is 0 Å². The summed E-state index contributed by atoms with van der Waals surface area (Å²) in [5, 5.41) is 11.0. The number of nitrogens with zero attached hydrogens (tertiary/aromatic N) is 2. The summed E-state index contributed by atoms with van der Waals surface area (Å²) in [5.74, 6) is 0.0429. The zero-order valence-electron chi connectivity index (χ0n) is 26.4. The Morgan fingerprint density at radius 1 is 0.622 bits per heavy atom. The van der Waals surface area contributed by atoms with Gasteiger partial charge in [0.25, 0.3) is 0 Å². The monoisotopic (exact) mass is 596 g/mol. The highest BCUT2D eigenvalue weighted by atomic mass is 16.3. The van der Waals surface area contributed by atoms with Crippen LogP contribution in [0.5, 0.6) is 0 Å². The van der Waals surface area contributed by atoms with Crippen LogP contribution in [-0.2, 0) is 24.3 Å². The minimum atomic E-state index is -0.744. The standard InChI is InChI=1S/C41H44N2O2/c1-32(41(45)38-21-13-6-14-22-38)42(2)40(44)28-27-39(29-33-23-25-37(26-24-33)36-19-11-5-12-20-36)43(30-34-15-7-3-8-16-34)31-35-17-9-4-10-18-35/h3-26,32,39,41,45H,27-31H2,1-2H3/t32-,39?,41+/m1/s1. The van der Waals surface area contributed by atoms with Gasteiger partial charge in [-0.25, -0.2) is 0 Å². The lowest BCUT2D eigenvalue weighted by Crippen LogP contribution is -2.41. The Morgan fingerprint density at radius 3 is 1.62 bits per heavy atom. The number of rotatable bonds is 14. The normalized spacial score (nSPS) is 13.2. The van der Waals surface area contributed by atoms with Gasteiger partial charge in [0.1, 0.15) is 0 Å². The second kappa shape index (κ2) is 16.0. The van der Waals surface area contributed by atoms with E-state index in [1.54, 1.807) is 4.90 Å². The van der Waals surface area contributed by atoms with Gasteiger partial charge in [0.05, 0.1) is 12.1 Å². The van der Waals surface area contributed by atoms with Crippen LogP contribution < -0.4 is 0 Å². The van der Waals surface area contributed by atoms with E-state index in [1.165, 1.54) is 27.8 Å². The molecule has 1 N–H and O–H groups in total. The second-order valence-electron chi connectivity index (χ2n) is 11.9. The maximum atomic E-state index is 13.6. The third kappa shape index (κ3) is 9.01. The third-order valence-corrected chi connectivity index (χ3v) is 8.80. The van der Waals surface area contributed by atoms with Crippen molar-refractivity contribution in [2.75, 3.05) is 7.05 Å². The van der Waals surface area contributed by atoms with Gasteiger partial charge in [-0.15, -0.1) is 0 Å². The molecule has 3 atom stereocenters. The van der Waals surface area contributed by atoms with Crippen molar-refractivity contribution < 1.29 is 9.90 Å². The van der Waals surface area contributed by atoms with Gasteiger partial charge < -0.3 is 10.0 Å². The number of aliphatic hydroxyl groups excluding tert-OH is 1. The topological polar surface area (TPSA) is 43.8 Å². The van der Waals surface area contributed by atoms with Crippen molar-refractivity contribution in [2.45, 2.75) is 57.5 Å². The average Bonchev–Trinajstić information content (AvgIpc) is 3.10. The quantitative estimate of drug-likeness (QED) is 0.140. The molecule has 45 heavy (non-hydrogen) atoms. The zero-order valence-corrected chi connectivity index (χ0v) is 26.4. The van der Waals surface area contributed by atoms with Crippen LogP contribution in [0.2, 0.25) is 0 Å². The van der Waals surface area contributed by atoms with E-state index in [2.05, 4.69) is 114 Å². The van der Waals surface area contributed by atoms with Crippen molar-refractivity contribution in [3.63, 3.8) is 0 Å². The molecule has 0 aliphatic carbocycles. The first-order chi connectivity index (χ1) is 22.0. The number of hydrogen-bond donors (Lipinski definition) is 1. The molecule has 4 heteroatoms. The molecule has 1 unspecified atom stereocenters. The van der Waals surface area contributed by atoms with E-state index in [-0.39, 0.29) is 18.0 Å². The maximum Gasteiger partial charge on any atom is 0.222 e. The fourth-order valence-electron chi connectivity index (χ4n) is 5.93. The van der Waals surface area contributed by atoms with Crippen LogP contribution in [0.25, 0.3) is 11.1 Å². The van der Waals surface area contributed by atoms with Crippen LogP contribution in [0.3, 0.4) is 0 Å². The van der Waals surface area contributed by atoms with Crippen molar-refractivity contribution in [1.82, 2.24) is 9.80 Å². The van der Waals surface area contributed by atoms with Crippen molar-refractivity contribution in [3.8, 4) is 11.1 Å². The van der Waals surface area contributed by atoms with Gasteiger partial charge in [-0.1, -0.05) is 146 Å². The first-order valence-electron chi connectivity index (χ1n) is 15.9. The van der Waals surface area contributed by atoms with Crippen LogP contribution in [0.4, 0.5) is 0 Å². The highest BCUT2D eigenvalue weighted by Gasteiger charge is 2.26. The predicted molar refractivity (Wildman–Crippen MR) is 184 cm³/mol. The number of carbonyl (C=O) groups excluding carboxylic acids is 1. The molecule has 0 aromatic heterocycles. The van der Waals surface area contributed by atoms with E-state index in [4.69, 9.17) is 0 Å². The van der Waals surface area contributed by atoms with E-state index in [0.29, 0.717) is 12.8 Å². The van der Waals surface area contributed by atoms with E-state index in [0.717, 1.165) is 25.1 Å². The molecular formula is C41H44N2O2. The van der Waals surface area contributed by atoms with Gasteiger partial charge in [0, 0.05) is 32.6 Å². The molecule has 0 fully saturated rings. The van der Waals surface area contributed by atoms with E-state index >= 15 is 0 Å². The molecule has 5 aromatic rings. The highest BCUT2D eigenvalue weighted by molar-refractivity contribution is 5.76. The molecule has 0 saturated carbocycles. The van der Waals surface area contributed by atoms with Gasteiger partial charge in [0.15, 0.2) is 0 Å². The van der Waals surface area contributed by atoms with E-state index in [9.17, 15) is 9.90 Å². The minimum absolute atomic E-state index is 0.0429. The van der Waals surface area contributed by atoms with Crippen LogP contribution in [-0.4, -0.2) is 39.9 Å². The highest BCUT2D eigenvalue weighted by Crippen LogP contribution is 2.25. The first-order valence-corrected chi connectivity index (χ1v) is 15.9.